The van der Waals surface area contributed by atoms with Crippen molar-refractivity contribution < 1.29 is 23.4 Å². The Bertz CT molecular complexity index is 1290. The van der Waals surface area contributed by atoms with Gasteiger partial charge in [-0.15, -0.1) is 0 Å². The molecule has 2 heterocycles. The van der Waals surface area contributed by atoms with Crippen LogP contribution in [-0.4, -0.2) is 43.5 Å². The van der Waals surface area contributed by atoms with Crippen molar-refractivity contribution in [2.75, 3.05) is 0 Å². The molecule has 1 aliphatic rings. The van der Waals surface area contributed by atoms with Gasteiger partial charge in [-0.05, 0) is 49.9 Å². The van der Waals surface area contributed by atoms with Gasteiger partial charge < -0.3 is 15.2 Å². The van der Waals surface area contributed by atoms with E-state index in [9.17, 15) is 18.7 Å². The number of hydrogen-bond acceptors (Lipinski definition) is 7. The standard InChI is InChI=1S/C28H32ClF2N5O3/c1-3-7-17(2)39-22-11-9-19(16-32-22)23-34-24(36-27(38)35-23)20-14-18(8-10-21(20)29)15-33-26(37)28(25(30)31)12-5-4-6-13-28/h8-11,14,16-17,25H,3-7,12-13,15H2,1-2H3,(H,33,37)(H,34,35,36,38)/t17-/m1/s1. The molecule has 8 nitrogen and oxygen atoms in total. The van der Waals surface area contributed by atoms with Gasteiger partial charge in [-0.1, -0.05) is 50.3 Å². The maximum Gasteiger partial charge on any atom is 0.318 e. The Kier molecular flexibility index (Phi) is 9.27. The maximum atomic E-state index is 13.9. The quantitative estimate of drug-likeness (QED) is 0.297. The third kappa shape index (κ3) is 6.79. The highest BCUT2D eigenvalue weighted by Gasteiger charge is 2.47. The molecule has 2 aromatic heterocycles. The lowest BCUT2D eigenvalue weighted by Gasteiger charge is -2.34. The molecule has 1 aromatic carbocycles. The van der Waals surface area contributed by atoms with Crippen LogP contribution in [0.3, 0.4) is 0 Å². The molecule has 208 valence electrons. The third-order valence-corrected chi connectivity index (χ3v) is 7.31. The van der Waals surface area contributed by atoms with E-state index in [1.165, 1.54) is 0 Å². The minimum Gasteiger partial charge on any atom is -0.479 e. The first-order valence-corrected chi connectivity index (χ1v) is 13.5. The first-order valence-electron chi connectivity index (χ1n) is 13.1. The fraction of sp³-hybridized carbons (Fsp3) is 0.464. The highest BCUT2D eigenvalue weighted by atomic mass is 35.5. The SMILES string of the molecule is CCC[C@@H](C)Oc1ccc(-c2nc(O)nc(-c3cc(CNC(=O)C4(C(F)F)CCCCC4)ccc3Cl)n2)cn1. The van der Waals surface area contributed by atoms with E-state index >= 15 is 0 Å². The molecule has 39 heavy (non-hydrogen) atoms. The summed E-state index contributed by atoms with van der Waals surface area (Å²) >= 11 is 6.43. The second-order valence-electron chi connectivity index (χ2n) is 9.90. The zero-order chi connectivity index (χ0) is 28.0. The Balaban J connectivity index is 1.53. The van der Waals surface area contributed by atoms with E-state index in [2.05, 4.69) is 32.2 Å². The van der Waals surface area contributed by atoms with E-state index in [4.69, 9.17) is 16.3 Å². The molecule has 2 N–H and O–H groups in total. The van der Waals surface area contributed by atoms with Crippen molar-refractivity contribution in [3.63, 3.8) is 0 Å². The lowest BCUT2D eigenvalue weighted by Crippen LogP contribution is -2.46. The predicted octanol–water partition coefficient (Wildman–Crippen LogP) is 6.36. The van der Waals surface area contributed by atoms with Gasteiger partial charge in [0.05, 0.1) is 11.1 Å². The van der Waals surface area contributed by atoms with Gasteiger partial charge in [-0.25, -0.2) is 18.7 Å². The summed E-state index contributed by atoms with van der Waals surface area (Å²) < 4.78 is 33.5. The number of halogens is 3. The monoisotopic (exact) mass is 559 g/mol. The molecule has 3 aromatic rings. The Morgan fingerprint density at radius 1 is 1.13 bits per heavy atom. The lowest BCUT2D eigenvalue weighted by molar-refractivity contribution is -0.144. The number of carbonyl (C=O) groups excluding carboxylic acids is 1. The first kappa shape index (κ1) is 28.6. The number of carbonyl (C=O) groups is 1. The van der Waals surface area contributed by atoms with E-state index < -0.39 is 23.8 Å². The number of aromatic nitrogens is 4. The summed E-state index contributed by atoms with van der Waals surface area (Å²) in [5.74, 6) is 0.128. The number of alkyl halides is 2. The Morgan fingerprint density at radius 2 is 1.87 bits per heavy atom. The fourth-order valence-electron chi connectivity index (χ4n) is 4.81. The number of ether oxygens (including phenoxy) is 1. The van der Waals surface area contributed by atoms with Crippen molar-refractivity contribution in [3.05, 3.63) is 47.1 Å². The molecule has 1 saturated carbocycles. The summed E-state index contributed by atoms with van der Waals surface area (Å²) in [6.07, 6.45) is 3.19. The minimum absolute atomic E-state index is 0.0310. The van der Waals surface area contributed by atoms with E-state index in [1.54, 1.807) is 36.5 Å². The second kappa shape index (κ2) is 12.6. The molecule has 0 spiro atoms. The van der Waals surface area contributed by atoms with Crippen LogP contribution in [0.5, 0.6) is 11.9 Å². The van der Waals surface area contributed by atoms with Gasteiger partial charge in [0.2, 0.25) is 11.8 Å². The van der Waals surface area contributed by atoms with Crippen LogP contribution in [0, 0.1) is 5.41 Å². The molecule has 0 saturated heterocycles. The lowest BCUT2D eigenvalue weighted by atomic mass is 9.73. The summed E-state index contributed by atoms with van der Waals surface area (Å²) in [6.45, 7) is 4.09. The molecule has 4 rings (SSSR count). The first-order chi connectivity index (χ1) is 18.7. The molecule has 0 bridgehead atoms. The van der Waals surface area contributed by atoms with Crippen LogP contribution in [0.25, 0.3) is 22.8 Å². The van der Waals surface area contributed by atoms with E-state index in [0.717, 1.165) is 19.3 Å². The molecule has 0 aliphatic heterocycles. The van der Waals surface area contributed by atoms with Crippen LogP contribution in [0.2, 0.25) is 5.02 Å². The van der Waals surface area contributed by atoms with Gasteiger partial charge in [0.25, 0.3) is 6.43 Å². The Morgan fingerprint density at radius 3 is 2.54 bits per heavy atom. The smallest absolute Gasteiger partial charge is 0.318 e. The van der Waals surface area contributed by atoms with Gasteiger partial charge in [-0.2, -0.15) is 9.97 Å². The molecule has 1 amide bonds. The summed E-state index contributed by atoms with van der Waals surface area (Å²) in [5.41, 5.74) is -0.0992. The van der Waals surface area contributed by atoms with Gasteiger partial charge in [0, 0.05) is 29.9 Å². The van der Waals surface area contributed by atoms with Crippen molar-refractivity contribution in [1.82, 2.24) is 25.3 Å². The maximum absolute atomic E-state index is 13.9. The summed E-state index contributed by atoms with van der Waals surface area (Å²) in [7, 11) is 0. The number of aromatic hydroxyl groups is 1. The van der Waals surface area contributed by atoms with Crippen molar-refractivity contribution in [1.29, 1.82) is 0 Å². The van der Waals surface area contributed by atoms with Crippen LogP contribution in [0.1, 0.15) is 64.4 Å². The Hall–Kier alpha value is -3.40. The highest BCUT2D eigenvalue weighted by Crippen LogP contribution is 2.41. The van der Waals surface area contributed by atoms with Crippen LogP contribution in [0.4, 0.5) is 8.78 Å². The van der Waals surface area contributed by atoms with Crippen molar-refractivity contribution >= 4 is 17.5 Å². The number of rotatable bonds is 10. The molecule has 0 radical (unpaired) electrons. The average Bonchev–Trinajstić information content (AvgIpc) is 2.93. The zero-order valence-electron chi connectivity index (χ0n) is 22.0. The largest absolute Gasteiger partial charge is 0.479 e. The van der Waals surface area contributed by atoms with Crippen LogP contribution >= 0.6 is 11.6 Å². The summed E-state index contributed by atoms with van der Waals surface area (Å²) in [5, 5.41) is 13.2. The molecular formula is C28H32ClF2N5O3. The third-order valence-electron chi connectivity index (χ3n) is 6.98. The van der Waals surface area contributed by atoms with Crippen molar-refractivity contribution in [2.24, 2.45) is 5.41 Å². The number of nitrogens with zero attached hydrogens (tertiary/aromatic N) is 4. The fourth-order valence-corrected chi connectivity index (χ4v) is 5.01. The van der Waals surface area contributed by atoms with Crippen molar-refractivity contribution in [2.45, 2.75) is 77.9 Å². The van der Waals surface area contributed by atoms with Crippen LogP contribution in [0.15, 0.2) is 36.5 Å². The number of benzene rings is 1. The van der Waals surface area contributed by atoms with E-state index in [1.807, 2.05) is 6.92 Å². The molecule has 11 heteroatoms. The van der Waals surface area contributed by atoms with Gasteiger partial charge in [-0.3, -0.25) is 4.79 Å². The zero-order valence-corrected chi connectivity index (χ0v) is 22.7. The number of amides is 1. The summed E-state index contributed by atoms with van der Waals surface area (Å²) in [4.78, 5) is 29.6. The summed E-state index contributed by atoms with van der Waals surface area (Å²) in [6, 6.07) is 7.88. The van der Waals surface area contributed by atoms with Gasteiger partial charge >= 0.3 is 6.01 Å². The number of pyridine rings is 1. The minimum atomic E-state index is -2.72. The molecular weight excluding hydrogens is 528 g/mol. The van der Waals surface area contributed by atoms with Crippen molar-refractivity contribution in [3.8, 4) is 34.7 Å². The molecule has 1 aliphatic carbocycles. The number of hydrogen-bond donors (Lipinski definition) is 2. The van der Waals surface area contributed by atoms with E-state index in [-0.39, 0.29) is 37.1 Å². The van der Waals surface area contributed by atoms with Crippen LogP contribution in [-0.2, 0) is 11.3 Å². The van der Waals surface area contributed by atoms with Crippen LogP contribution < -0.4 is 10.1 Å². The van der Waals surface area contributed by atoms with Gasteiger partial charge in [0.15, 0.2) is 11.6 Å². The molecule has 1 atom stereocenters. The molecule has 0 unspecified atom stereocenters. The van der Waals surface area contributed by atoms with Gasteiger partial charge in [0.1, 0.15) is 5.41 Å². The predicted molar refractivity (Wildman–Crippen MR) is 144 cm³/mol. The number of nitrogens with one attached hydrogen (secondary N) is 1. The highest BCUT2D eigenvalue weighted by molar-refractivity contribution is 6.33. The second-order valence-corrected chi connectivity index (χ2v) is 10.3. The normalized spacial score (nSPS) is 15.6. The topological polar surface area (TPSA) is 110 Å². The average molecular weight is 560 g/mol. The molecule has 1 fully saturated rings. The Labute approximate surface area is 231 Å². The van der Waals surface area contributed by atoms with E-state index in [0.29, 0.717) is 40.4 Å².